The van der Waals surface area contributed by atoms with E-state index in [1.54, 1.807) is 0 Å². The average molecular weight is 428 g/mol. The van der Waals surface area contributed by atoms with Crippen LogP contribution in [0.2, 0.25) is 0 Å². The lowest BCUT2D eigenvalue weighted by Crippen LogP contribution is -2.28. The van der Waals surface area contributed by atoms with Gasteiger partial charge in [-0.15, -0.1) is 0 Å². The van der Waals surface area contributed by atoms with E-state index in [1.807, 2.05) is 0 Å². The van der Waals surface area contributed by atoms with Gasteiger partial charge in [-0.3, -0.25) is 0 Å². The topological polar surface area (TPSA) is 67.6 Å². The Morgan fingerprint density at radius 2 is 1.83 bits per heavy atom. The molecule has 1 aromatic carbocycles. The van der Waals surface area contributed by atoms with Crippen LogP contribution in [0.5, 0.6) is 0 Å². The first-order valence-electron chi connectivity index (χ1n) is 8.76. The van der Waals surface area contributed by atoms with Crippen LogP contribution < -0.4 is 0 Å². The van der Waals surface area contributed by atoms with E-state index < -0.39 is 27.7 Å². The molecule has 1 fully saturated rings. The largest absolute Gasteiger partial charge is 0.433 e. The van der Waals surface area contributed by atoms with Crippen molar-refractivity contribution in [3.05, 3.63) is 59.3 Å². The standard InChI is InChI=1S/C18H16F4N4O2S/c1-11-8-16(18(20,21)22)26-17(23-11)9-15(24-26)12-6-7-25(10-12)29(27,28)14-4-2-13(19)3-5-14/h2-5,8-9,12H,6-7,10H2,1H3/t12-/m1/s1. The number of alkyl halides is 3. The molecule has 0 saturated carbocycles. The zero-order valence-electron chi connectivity index (χ0n) is 15.2. The molecule has 11 heteroatoms. The molecular formula is C18H16F4N4O2S. The molecule has 0 aliphatic carbocycles. The van der Waals surface area contributed by atoms with Crippen molar-refractivity contribution in [1.82, 2.24) is 18.9 Å². The van der Waals surface area contributed by atoms with E-state index in [4.69, 9.17) is 0 Å². The average Bonchev–Trinajstić information content (AvgIpc) is 3.27. The highest BCUT2D eigenvalue weighted by Crippen LogP contribution is 2.33. The molecule has 6 nitrogen and oxygen atoms in total. The first-order chi connectivity index (χ1) is 13.6. The van der Waals surface area contributed by atoms with E-state index in [0.29, 0.717) is 12.1 Å². The summed E-state index contributed by atoms with van der Waals surface area (Å²) in [6, 6.07) is 6.88. The Bertz CT molecular complexity index is 1170. The van der Waals surface area contributed by atoms with Crippen molar-refractivity contribution in [3.8, 4) is 0 Å². The van der Waals surface area contributed by atoms with Crippen LogP contribution in [0.1, 0.15) is 29.4 Å². The highest BCUT2D eigenvalue weighted by molar-refractivity contribution is 7.89. The van der Waals surface area contributed by atoms with Crippen LogP contribution in [-0.2, 0) is 16.2 Å². The molecular weight excluding hydrogens is 412 g/mol. The van der Waals surface area contributed by atoms with E-state index in [0.717, 1.165) is 22.7 Å². The molecule has 154 valence electrons. The minimum absolute atomic E-state index is 0.0359. The lowest BCUT2D eigenvalue weighted by atomic mass is 10.1. The van der Waals surface area contributed by atoms with Gasteiger partial charge in [-0.05, 0) is 43.7 Å². The maximum atomic E-state index is 13.3. The predicted octanol–water partition coefficient (Wildman–Crippen LogP) is 3.37. The molecule has 29 heavy (non-hydrogen) atoms. The van der Waals surface area contributed by atoms with Gasteiger partial charge in [-0.1, -0.05) is 0 Å². The molecule has 0 amide bonds. The van der Waals surface area contributed by atoms with Gasteiger partial charge in [0.05, 0.1) is 10.6 Å². The Labute approximate surface area is 163 Å². The van der Waals surface area contributed by atoms with Crippen molar-refractivity contribution in [1.29, 1.82) is 0 Å². The Balaban J connectivity index is 1.64. The molecule has 1 aliphatic heterocycles. The van der Waals surface area contributed by atoms with Gasteiger partial charge in [-0.2, -0.15) is 22.6 Å². The van der Waals surface area contributed by atoms with E-state index in [1.165, 1.54) is 29.4 Å². The third kappa shape index (κ3) is 3.60. The zero-order chi connectivity index (χ0) is 21.0. The highest BCUT2D eigenvalue weighted by atomic mass is 32.2. The monoisotopic (exact) mass is 428 g/mol. The fourth-order valence-electron chi connectivity index (χ4n) is 3.46. The van der Waals surface area contributed by atoms with Crippen molar-refractivity contribution in [3.63, 3.8) is 0 Å². The van der Waals surface area contributed by atoms with Crippen LogP contribution in [0.15, 0.2) is 41.3 Å². The summed E-state index contributed by atoms with van der Waals surface area (Å²) >= 11 is 0. The molecule has 3 aromatic rings. The Morgan fingerprint density at radius 3 is 2.48 bits per heavy atom. The highest BCUT2D eigenvalue weighted by Gasteiger charge is 2.37. The lowest BCUT2D eigenvalue weighted by molar-refractivity contribution is -0.142. The zero-order valence-corrected chi connectivity index (χ0v) is 16.0. The number of aromatic nitrogens is 3. The summed E-state index contributed by atoms with van der Waals surface area (Å²) in [5.74, 6) is -0.912. The van der Waals surface area contributed by atoms with Crippen LogP contribution in [0.3, 0.4) is 0 Å². The van der Waals surface area contributed by atoms with Crippen molar-refractivity contribution in [2.24, 2.45) is 0 Å². The minimum atomic E-state index is -4.59. The van der Waals surface area contributed by atoms with Gasteiger partial charge in [0.15, 0.2) is 5.65 Å². The molecule has 1 saturated heterocycles. The minimum Gasteiger partial charge on any atom is -0.234 e. The van der Waals surface area contributed by atoms with Gasteiger partial charge in [-0.25, -0.2) is 22.3 Å². The van der Waals surface area contributed by atoms with Gasteiger partial charge in [0, 0.05) is 30.8 Å². The fourth-order valence-corrected chi connectivity index (χ4v) is 4.96. The molecule has 1 atom stereocenters. The number of rotatable bonds is 3. The van der Waals surface area contributed by atoms with Crippen molar-refractivity contribution in [2.45, 2.75) is 30.3 Å². The van der Waals surface area contributed by atoms with Crippen molar-refractivity contribution in [2.75, 3.05) is 13.1 Å². The maximum Gasteiger partial charge on any atom is 0.433 e. The molecule has 0 unspecified atom stereocenters. The Hall–Kier alpha value is -2.53. The molecule has 0 spiro atoms. The molecule has 0 bridgehead atoms. The predicted molar refractivity (Wildman–Crippen MR) is 95.2 cm³/mol. The Morgan fingerprint density at radius 1 is 1.14 bits per heavy atom. The third-order valence-electron chi connectivity index (χ3n) is 4.89. The molecule has 0 radical (unpaired) electrons. The van der Waals surface area contributed by atoms with Crippen LogP contribution in [-0.4, -0.2) is 40.4 Å². The molecule has 2 aromatic heterocycles. The summed E-state index contributed by atoms with van der Waals surface area (Å²) in [4.78, 5) is 4.06. The quantitative estimate of drug-likeness (QED) is 0.600. The second-order valence-corrected chi connectivity index (χ2v) is 8.86. The van der Waals surface area contributed by atoms with Crippen molar-refractivity contribution < 1.29 is 26.0 Å². The van der Waals surface area contributed by atoms with E-state index in [9.17, 15) is 26.0 Å². The summed E-state index contributed by atoms with van der Waals surface area (Å²) in [6.07, 6.45) is -4.19. The summed E-state index contributed by atoms with van der Waals surface area (Å²) < 4.78 is 80.5. The number of fused-ring (bicyclic) bond motifs is 1. The normalized spacial score (nSPS) is 18.6. The van der Waals surface area contributed by atoms with E-state index in [-0.39, 0.29) is 35.2 Å². The summed E-state index contributed by atoms with van der Waals surface area (Å²) in [6.45, 7) is 1.73. The first-order valence-corrected chi connectivity index (χ1v) is 10.2. The van der Waals surface area contributed by atoms with E-state index in [2.05, 4.69) is 10.1 Å². The number of hydrogen-bond donors (Lipinski definition) is 0. The van der Waals surface area contributed by atoms with Crippen LogP contribution in [0, 0.1) is 12.7 Å². The first kappa shape index (κ1) is 19.8. The van der Waals surface area contributed by atoms with Crippen LogP contribution >= 0.6 is 0 Å². The molecule has 3 heterocycles. The smallest absolute Gasteiger partial charge is 0.234 e. The number of halogens is 4. The van der Waals surface area contributed by atoms with Crippen molar-refractivity contribution >= 4 is 15.7 Å². The number of hydrogen-bond acceptors (Lipinski definition) is 4. The number of benzene rings is 1. The number of sulfonamides is 1. The summed E-state index contributed by atoms with van der Waals surface area (Å²) in [5.41, 5.74) is -0.305. The second kappa shape index (κ2) is 6.77. The van der Waals surface area contributed by atoms with Gasteiger partial charge < -0.3 is 0 Å². The molecule has 1 aliphatic rings. The van der Waals surface area contributed by atoms with E-state index >= 15 is 0 Å². The summed E-state index contributed by atoms with van der Waals surface area (Å²) in [7, 11) is -3.83. The van der Waals surface area contributed by atoms with Gasteiger partial charge in [0.1, 0.15) is 11.5 Å². The number of nitrogens with zero attached hydrogens (tertiary/aromatic N) is 4. The van der Waals surface area contributed by atoms with Gasteiger partial charge >= 0.3 is 6.18 Å². The van der Waals surface area contributed by atoms with Gasteiger partial charge in [0.25, 0.3) is 0 Å². The fraction of sp³-hybridized carbons (Fsp3) is 0.333. The Kier molecular flexibility index (Phi) is 4.61. The third-order valence-corrected chi connectivity index (χ3v) is 6.76. The summed E-state index contributed by atoms with van der Waals surface area (Å²) in [5, 5.41) is 4.07. The number of aryl methyl sites for hydroxylation is 1. The second-order valence-electron chi connectivity index (χ2n) is 6.92. The molecule has 4 rings (SSSR count). The molecule has 0 N–H and O–H groups in total. The van der Waals surface area contributed by atoms with Crippen LogP contribution in [0.4, 0.5) is 17.6 Å². The lowest BCUT2D eigenvalue weighted by Gasteiger charge is -2.16. The van der Waals surface area contributed by atoms with Crippen LogP contribution in [0.25, 0.3) is 5.65 Å². The SMILES string of the molecule is Cc1cc(C(F)(F)F)n2nc([C@@H]3CCN(S(=O)(=O)c4ccc(F)cc4)C3)cc2n1. The maximum absolute atomic E-state index is 13.3. The van der Waals surface area contributed by atoms with Gasteiger partial charge in [0.2, 0.25) is 10.0 Å².